The second-order valence-corrected chi connectivity index (χ2v) is 4.59. The van der Waals surface area contributed by atoms with Crippen LogP contribution in [0.25, 0.3) is 34.0 Å². The van der Waals surface area contributed by atoms with Crippen LogP contribution >= 0.6 is 0 Å². The van der Waals surface area contributed by atoms with Crippen molar-refractivity contribution in [2.75, 3.05) is 0 Å². The molecule has 0 radical (unpaired) electrons. The first kappa shape index (κ1) is 9.27. The average molecular weight is 250 g/mol. The molecule has 4 aromatic rings. The molecule has 0 saturated carbocycles. The summed E-state index contributed by atoms with van der Waals surface area (Å²) in [6, 6.07) is 7.73. The molecular formula is C14H8N3O2+. The van der Waals surface area contributed by atoms with E-state index in [4.69, 9.17) is 8.83 Å². The molecule has 0 N–H and O–H groups in total. The first-order valence-corrected chi connectivity index (χ1v) is 6.06. The van der Waals surface area contributed by atoms with Crippen molar-refractivity contribution in [2.45, 2.75) is 6.54 Å². The van der Waals surface area contributed by atoms with E-state index in [1.807, 2.05) is 22.8 Å². The van der Waals surface area contributed by atoms with Gasteiger partial charge in [-0.15, -0.1) is 4.57 Å². The van der Waals surface area contributed by atoms with Crippen molar-refractivity contribution in [3.63, 3.8) is 0 Å². The number of pyridine rings is 2. The van der Waals surface area contributed by atoms with Crippen LogP contribution in [0.3, 0.4) is 0 Å². The van der Waals surface area contributed by atoms with Gasteiger partial charge in [-0.25, -0.2) is 9.97 Å². The van der Waals surface area contributed by atoms with E-state index in [9.17, 15) is 0 Å². The quantitative estimate of drug-likeness (QED) is 0.396. The minimum atomic E-state index is 0.696. The smallest absolute Gasteiger partial charge is 0.400 e. The van der Waals surface area contributed by atoms with Crippen molar-refractivity contribution < 1.29 is 13.4 Å². The minimum Gasteiger partial charge on any atom is -0.400 e. The van der Waals surface area contributed by atoms with Gasteiger partial charge in [0.15, 0.2) is 23.3 Å². The Morgan fingerprint density at radius 2 is 1.95 bits per heavy atom. The number of hydrogen-bond donors (Lipinski definition) is 0. The van der Waals surface area contributed by atoms with Gasteiger partial charge in [-0.3, -0.25) is 0 Å². The molecule has 1 aliphatic rings. The van der Waals surface area contributed by atoms with Crippen LogP contribution < -0.4 is 4.57 Å². The summed E-state index contributed by atoms with van der Waals surface area (Å²) in [5.41, 5.74) is 4.96. The van der Waals surface area contributed by atoms with E-state index in [1.54, 1.807) is 12.4 Å². The lowest BCUT2D eigenvalue weighted by molar-refractivity contribution is -0.655. The fraction of sp³-hybridized carbons (Fsp3) is 0.0714. The number of nitrogens with zero attached hydrogens (tertiary/aromatic N) is 3. The zero-order valence-electron chi connectivity index (χ0n) is 9.83. The van der Waals surface area contributed by atoms with Gasteiger partial charge < -0.3 is 8.83 Å². The third-order valence-electron chi connectivity index (χ3n) is 3.50. The molecule has 0 unspecified atom stereocenters. The van der Waals surface area contributed by atoms with E-state index in [0.29, 0.717) is 5.58 Å². The second kappa shape index (κ2) is 3.00. The van der Waals surface area contributed by atoms with Gasteiger partial charge in [0, 0.05) is 12.4 Å². The van der Waals surface area contributed by atoms with Gasteiger partial charge in [0.1, 0.15) is 0 Å². The number of rotatable bonds is 0. The highest BCUT2D eigenvalue weighted by Gasteiger charge is 2.38. The molecule has 0 fully saturated rings. The molecule has 0 atom stereocenters. The summed E-state index contributed by atoms with van der Waals surface area (Å²) in [6.07, 6.45) is 3.51. The minimum absolute atomic E-state index is 0.696. The van der Waals surface area contributed by atoms with Gasteiger partial charge in [0.05, 0.1) is 5.56 Å². The van der Waals surface area contributed by atoms with E-state index >= 15 is 0 Å². The third-order valence-corrected chi connectivity index (χ3v) is 3.50. The Morgan fingerprint density at radius 3 is 2.95 bits per heavy atom. The largest absolute Gasteiger partial charge is 0.423 e. The molecule has 0 aromatic carbocycles. The van der Waals surface area contributed by atoms with Crippen molar-refractivity contribution in [2.24, 2.45) is 0 Å². The summed E-state index contributed by atoms with van der Waals surface area (Å²) in [7, 11) is 0. The van der Waals surface area contributed by atoms with Gasteiger partial charge in [0.25, 0.3) is 5.58 Å². The van der Waals surface area contributed by atoms with Crippen LogP contribution in [0.2, 0.25) is 0 Å². The Balaban J connectivity index is 1.93. The van der Waals surface area contributed by atoms with E-state index in [-0.39, 0.29) is 0 Å². The molecule has 5 heterocycles. The normalized spacial score (nSPS) is 13.1. The molecule has 0 spiro atoms. The molecule has 19 heavy (non-hydrogen) atoms. The number of hydrogen-bond acceptors (Lipinski definition) is 4. The molecule has 0 aliphatic carbocycles. The SMILES string of the molecule is c1cnc2c(c1)C[n+]1c-2oc2c3ncccc3oc21. The Hall–Kier alpha value is -2.69. The van der Waals surface area contributed by atoms with Crippen molar-refractivity contribution in [3.8, 4) is 11.6 Å². The topological polar surface area (TPSA) is 55.9 Å². The van der Waals surface area contributed by atoms with Gasteiger partial charge in [-0.2, -0.15) is 0 Å². The number of fused-ring (bicyclic) bond motifs is 7. The Bertz CT molecular complexity index is 952. The highest BCUT2D eigenvalue weighted by Crippen LogP contribution is 2.33. The molecule has 4 aromatic heterocycles. The highest BCUT2D eigenvalue weighted by atomic mass is 16.4. The zero-order chi connectivity index (χ0) is 12.4. The molecule has 5 nitrogen and oxygen atoms in total. The van der Waals surface area contributed by atoms with E-state index in [1.165, 1.54) is 0 Å². The summed E-state index contributed by atoms with van der Waals surface area (Å²) in [5.74, 6) is 0.747. The molecule has 0 amide bonds. The molecule has 1 aliphatic heterocycles. The molecule has 0 bridgehead atoms. The highest BCUT2D eigenvalue weighted by molar-refractivity contribution is 5.96. The van der Waals surface area contributed by atoms with E-state index < -0.39 is 0 Å². The predicted molar refractivity (Wildman–Crippen MR) is 66.3 cm³/mol. The number of furan rings is 1. The third kappa shape index (κ3) is 1.03. The van der Waals surface area contributed by atoms with Crippen molar-refractivity contribution in [3.05, 3.63) is 42.2 Å². The Labute approximate surface area is 107 Å². The Morgan fingerprint density at radius 1 is 1.05 bits per heavy atom. The van der Waals surface area contributed by atoms with Gasteiger partial charge in [-0.05, 0) is 24.3 Å². The molecule has 5 rings (SSSR count). The maximum atomic E-state index is 5.93. The van der Waals surface area contributed by atoms with E-state index in [2.05, 4.69) is 16.0 Å². The van der Waals surface area contributed by atoms with Crippen LogP contribution in [0.15, 0.2) is 45.5 Å². The first-order chi connectivity index (χ1) is 9.42. The van der Waals surface area contributed by atoms with Gasteiger partial charge in [-0.1, -0.05) is 0 Å². The second-order valence-electron chi connectivity index (χ2n) is 4.59. The summed E-state index contributed by atoms with van der Waals surface area (Å²) in [6.45, 7) is 0.728. The fourth-order valence-electron chi connectivity index (χ4n) is 2.66. The molecule has 0 saturated heterocycles. The number of aromatic nitrogens is 3. The first-order valence-electron chi connectivity index (χ1n) is 6.06. The molecule has 90 valence electrons. The summed E-state index contributed by atoms with van der Waals surface area (Å²) in [5, 5.41) is 0. The van der Waals surface area contributed by atoms with Crippen molar-refractivity contribution in [1.82, 2.24) is 9.97 Å². The lowest BCUT2D eigenvalue weighted by Crippen LogP contribution is -2.30. The van der Waals surface area contributed by atoms with Crippen LogP contribution in [0.5, 0.6) is 0 Å². The number of oxazole rings is 1. The van der Waals surface area contributed by atoms with Gasteiger partial charge >= 0.3 is 11.6 Å². The van der Waals surface area contributed by atoms with E-state index in [0.717, 1.165) is 40.5 Å². The lowest BCUT2D eigenvalue weighted by atomic mass is 10.2. The van der Waals surface area contributed by atoms with Crippen LogP contribution in [0.4, 0.5) is 0 Å². The summed E-state index contributed by atoms with van der Waals surface area (Å²) in [4.78, 5) is 8.70. The monoisotopic (exact) mass is 250 g/mol. The van der Waals surface area contributed by atoms with Crippen LogP contribution in [0.1, 0.15) is 5.56 Å². The summed E-state index contributed by atoms with van der Waals surface area (Å²) < 4.78 is 13.8. The molecule has 5 heteroatoms. The molecular weight excluding hydrogens is 242 g/mol. The van der Waals surface area contributed by atoms with Crippen LogP contribution in [-0.2, 0) is 6.54 Å². The van der Waals surface area contributed by atoms with Crippen molar-refractivity contribution in [1.29, 1.82) is 0 Å². The summed E-state index contributed by atoms with van der Waals surface area (Å²) >= 11 is 0. The maximum absolute atomic E-state index is 5.93. The lowest BCUT2D eigenvalue weighted by Gasteiger charge is -1.88. The van der Waals surface area contributed by atoms with Crippen LogP contribution in [0, 0.1) is 0 Å². The standard InChI is InChI=1S/C14H8N3O2/c1-3-8-7-17-13(10(8)15-5-1)19-12-11-9(18-14(12)17)4-2-6-16-11/h1-6H,7H2/q+1. The average Bonchev–Trinajstić information content (AvgIpc) is 3.07. The fourth-order valence-corrected chi connectivity index (χ4v) is 2.66. The van der Waals surface area contributed by atoms with Crippen LogP contribution in [-0.4, -0.2) is 9.97 Å². The van der Waals surface area contributed by atoms with Crippen molar-refractivity contribution >= 4 is 22.4 Å². The predicted octanol–water partition coefficient (Wildman–Crippen LogP) is 2.29. The Kier molecular flexibility index (Phi) is 1.46. The maximum Gasteiger partial charge on any atom is 0.423 e. The van der Waals surface area contributed by atoms with Gasteiger partial charge in [0.2, 0.25) is 0 Å². The zero-order valence-corrected chi connectivity index (χ0v) is 9.83.